The van der Waals surface area contributed by atoms with E-state index in [1.165, 1.54) is 25.9 Å². The Morgan fingerprint density at radius 1 is 0.971 bits per heavy atom. The lowest BCUT2D eigenvalue weighted by Crippen LogP contribution is -2.26. The highest BCUT2D eigenvalue weighted by Gasteiger charge is 2.20. The standard InChI is InChI=1S/C14H21NO.C8H8O2S.C6H6O/c1-2-13-8-9-15(12-13)10-11-16-14-6-4-3-5-7-14;9-6-1-2-7-8(5-6)11-4-3-10-7;7-6-4-2-1-3-5-6/h3-7,13H,2,8-12H2,1H3;1-2,5,9H,3-4H2;1-5,7H/t13-;;/m1../s1. The molecule has 0 amide bonds. The minimum Gasteiger partial charge on any atom is -0.508 e. The van der Waals surface area contributed by atoms with Crippen molar-refractivity contribution in [3.63, 3.8) is 0 Å². The minimum atomic E-state index is 0.307. The molecule has 0 radical (unpaired) electrons. The summed E-state index contributed by atoms with van der Waals surface area (Å²) in [5, 5.41) is 17.8. The first-order valence-electron chi connectivity index (χ1n) is 11.9. The summed E-state index contributed by atoms with van der Waals surface area (Å²) in [6.45, 7) is 7.42. The van der Waals surface area contributed by atoms with Gasteiger partial charge >= 0.3 is 0 Å². The van der Waals surface area contributed by atoms with Gasteiger partial charge in [-0.15, -0.1) is 11.8 Å². The van der Waals surface area contributed by atoms with E-state index < -0.39 is 0 Å². The average Bonchev–Trinajstić information content (AvgIpc) is 3.34. The summed E-state index contributed by atoms with van der Waals surface area (Å²) in [6, 6.07) is 24.0. The number of hydrogen-bond donors (Lipinski definition) is 2. The van der Waals surface area contributed by atoms with Gasteiger partial charge in [0.15, 0.2) is 0 Å². The molecule has 3 aromatic rings. The molecule has 2 aliphatic rings. The molecular weight excluding hydrogens is 446 g/mol. The van der Waals surface area contributed by atoms with Crippen LogP contribution in [0, 0.1) is 5.92 Å². The Hall–Kier alpha value is -2.83. The Kier molecular flexibility index (Phi) is 10.9. The lowest BCUT2D eigenvalue weighted by molar-refractivity contribution is 0.232. The second kappa shape index (κ2) is 14.4. The van der Waals surface area contributed by atoms with Crippen LogP contribution in [0.1, 0.15) is 19.8 Å². The fourth-order valence-corrected chi connectivity index (χ4v) is 4.58. The molecule has 2 aliphatic heterocycles. The van der Waals surface area contributed by atoms with Crippen LogP contribution in [0.4, 0.5) is 0 Å². The third kappa shape index (κ3) is 9.20. The van der Waals surface area contributed by atoms with Crippen molar-refractivity contribution >= 4 is 11.8 Å². The fourth-order valence-electron chi connectivity index (χ4n) is 3.72. The van der Waals surface area contributed by atoms with Gasteiger partial charge in [-0.2, -0.15) is 0 Å². The van der Waals surface area contributed by atoms with Crippen LogP contribution in [0.25, 0.3) is 0 Å². The van der Waals surface area contributed by atoms with Gasteiger partial charge in [-0.05, 0) is 61.3 Å². The monoisotopic (exact) mass is 481 g/mol. The molecule has 0 unspecified atom stereocenters. The van der Waals surface area contributed by atoms with Crippen LogP contribution in [0.2, 0.25) is 0 Å². The predicted molar refractivity (Wildman–Crippen MR) is 139 cm³/mol. The number of ether oxygens (including phenoxy) is 2. The third-order valence-corrected chi connectivity index (χ3v) is 6.65. The van der Waals surface area contributed by atoms with Crippen LogP contribution in [0.15, 0.2) is 83.8 Å². The van der Waals surface area contributed by atoms with Crippen molar-refractivity contribution in [2.45, 2.75) is 24.7 Å². The number of hydrogen-bond acceptors (Lipinski definition) is 6. The Morgan fingerprint density at radius 3 is 2.35 bits per heavy atom. The molecule has 182 valence electrons. The molecule has 2 N–H and O–H groups in total. The second-order valence-electron chi connectivity index (χ2n) is 8.19. The molecule has 1 saturated heterocycles. The first kappa shape index (κ1) is 25.8. The molecule has 0 aliphatic carbocycles. The van der Waals surface area contributed by atoms with Crippen molar-refractivity contribution < 1.29 is 19.7 Å². The third-order valence-electron chi connectivity index (χ3n) is 5.65. The first-order chi connectivity index (χ1) is 16.6. The summed E-state index contributed by atoms with van der Waals surface area (Å²) in [6.07, 6.45) is 2.68. The van der Waals surface area contributed by atoms with Crippen molar-refractivity contribution in [2.24, 2.45) is 5.92 Å². The van der Waals surface area contributed by atoms with Crippen molar-refractivity contribution in [2.75, 3.05) is 38.6 Å². The van der Waals surface area contributed by atoms with Gasteiger partial charge in [0.25, 0.3) is 0 Å². The average molecular weight is 482 g/mol. The highest BCUT2D eigenvalue weighted by Crippen LogP contribution is 2.35. The van der Waals surface area contributed by atoms with Gasteiger partial charge < -0.3 is 19.7 Å². The summed E-state index contributed by atoms with van der Waals surface area (Å²) in [4.78, 5) is 3.55. The maximum atomic E-state index is 9.12. The van der Waals surface area contributed by atoms with Gasteiger partial charge in [0.05, 0.1) is 11.5 Å². The van der Waals surface area contributed by atoms with Crippen LogP contribution >= 0.6 is 11.8 Å². The van der Waals surface area contributed by atoms with E-state index in [9.17, 15) is 0 Å². The smallest absolute Gasteiger partial charge is 0.133 e. The van der Waals surface area contributed by atoms with Crippen LogP contribution in [0.3, 0.4) is 0 Å². The first-order valence-corrected chi connectivity index (χ1v) is 12.9. The molecule has 0 saturated carbocycles. The maximum absolute atomic E-state index is 9.12. The number of phenolic OH excluding ortho intramolecular Hbond substituents is 2. The zero-order chi connectivity index (χ0) is 24.0. The van der Waals surface area contributed by atoms with Gasteiger partial charge in [-0.3, -0.25) is 4.90 Å². The van der Waals surface area contributed by atoms with E-state index in [4.69, 9.17) is 19.7 Å². The highest BCUT2D eigenvalue weighted by atomic mass is 32.2. The van der Waals surface area contributed by atoms with Crippen molar-refractivity contribution in [1.29, 1.82) is 0 Å². The molecule has 6 heteroatoms. The topological polar surface area (TPSA) is 62.2 Å². The molecule has 3 aromatic carbocycles. The van der Waals surface area contributed by atoms with E-state index in [1.54, 1.807) is 54.2 Å². The molecule has 2 heterocycles. The van der Waals surface area contributed by atoms with Gasteiger partial charge in [0.2, 0.25) is 0 Å². The number of aromatic hydroxyl groups is 2. The number of rotatable bonds is 5. The van der Waals surface area contributed by atoms with E-state index >= 15 is 0 Å². The van der Waals surface area contributed by atoms with Crippen LogP contribution in [0.5, 0.6) is 23.0 Å². The second-order valence-corrected chi connectivity index (χ2v) is 9.33. The Labute approximate surface area is 207 Å². The van der Waals surface area contributed by atoms with Gasteiger partial charge in [-0.1, -0.05) is 49.7 Å². The lowest BCUT2D eigenvalue weighted by atomic mass is 10.1. The molecule has 0 spiro atoms. The van der Waals surface area contributed by atoms with E-state index in [0.717, 1.165) is 47.8 Å². The molecule has 34 heavy (non-hydrogen) atoms. The minimum absolute atomic E-state index is 0.307. The SMILES string of the molecule is CC[C@@H]1CCN(CCOc2ccccc2)C1.Oc1ccc2c(c1)SCCO2.Oc1ccccc1. The molecule has 1 fully saturated rings. The molecule has 1 atom stereocenters. The molecule has 0 aromatic heterocycles. The number of fused-ring (bicyclic) bond motifs is 1. The quantitative estimate of drug-likeness (QED) is 0.461. The number of benzene rings is 3. The number of phenols is 2. The van der Waals surface area contributed by atoms with E-state index in [0.29, 0.717) is 11.5 Å². The van der Waals surface area contributed by atoms with Crippen LogP contribution < -0.4 is 9.47 Å². The van der Waals surface area contributed by atoms with Crippen LogP contribution in [-0.2, 0) is 0 Å². The number of thioether (sulfide) groups is 1. The van der Waals surface area contributed by atoms with Crippen molar-refractivity contribution in [3.05, 3.63) is 78.9 Å². The lowest BCUT2D eigenvalue weighted by Gasteiger charge is -2.15. The highest BCUT2D eigenvalue weighted by molar-refractivity contribution is 7.99. The Bertz CT molecular complexity index is 955. The zero-order valence-electron chi connectivity index (χ0n) is 19.8. The summed E-state index contributed by atoms with van der Waals surface area (Å²) in [5.41, 5.74) is 0. The summed E-state index contributed by atoms with van der Waals surface area (Å²) >= 11 is 1.72. The van der Waals surface area contributed by atoms with Gasteiger partial charge in [-0.25, -0.2) is 0 Å². The number of likely N-dealkylation sites (tertiary alicyclic amines) is 1. The van der Waals surface area contributed by atoms with E-state index in [2.05, 4.69) is 11.8 Å². The molecular formula is C28H35NO4S. The summed E-state index contributed by atoms with van der Waals surface area (Å²) < 4.78 is 11.0. The maximum Gasteiger partial charge on any atom is 0.133 e. The molecule has 5 nitrogen and oxygen atoms in total. The van der Waals surface area contributed by atoms with Crippen LogP contribution in [-0.4, -0.2) is 53.7 Å². The molecule has 5 rings (SSSR count). The Balaban J connectivity index is 0.000000155. The van der Waals surface area contributed by atoms with E-state index in [-0.39, 0.29) is 0 Å². The Morgan fingerprint density at radius 2 is 1.71 bits per heavy atom. The zero-order valence-corrected chi connectivity index (χ0v) is 20.6. The van der Waals surface area contributed by atoms with E-state index in [1.807, 2.05) is 36.4 Å². The van der Waals surface area contributed by atoms with Gasteiger partial charge in [0, 0.05) is 18.8 Å². The number of nitrogens with zero attached hydrogens (tertiary/aromatic N) is 1. The normalized spacial score (nSPS) is 16.7. The largest absolute Gasteiger partial charge is 0.508 e. The summed E-state index contributed by atoms with van der Waals surface area (Å²) in [7, 11) is 0. The van der Waals surface area contributed by atoms with Gasteiger partial charge in [0.1, 0.15) is 29.6 Å². The van der Waals surface area contributed by atoms with Crippen molar-refractivity contribution in [1.82, 2.24) is 4.90 Å². The number of para-hydroxylation sites is 2. The summed E-state index contributed by atoms with van der Waals surface area (Å²) in [5.74, 6) is 4.38. The predicted octanol–water partition coefficient (Wildman–Crippen LogP) is 6.07. The van der Waals surface area contributed by atoms with Crippen molar-refractivity contribution in [3.8, 4) is 23.0 Å². The fraction of sp³-hybridized carbons (Fsp3) is 0.357. The molecule has 0 bridgehead atoms.